The smallest absolute Gasteiger partial charge is 0.422 e. The molecule has 3 rings (SSSR count). The van der Waals surface area contributed by atoms with Gasteiger partial charge in [-0.25, -0.2) is 4.98 Å². The first kappa shape index (κ1) is 22.5. The number of imidazole rings is 1. The van der Waals surface area contributed by atoms with Gasteiger partial charge in [0.05, 0.1) is 11.0 Å². The number of hydrogen-bond donors (Lipinski definition) is 2. The Balaban J connectivity index is 1.45. The molecule has 0 amide bonds. The summed E-state index contributed by atoms with van der Waals surface area (Å²) in [6, 6.07) is 14.6. The Kier molecular flexibility index (Phi) is 7.38. The van der Waals surface area contributed by atoms with E-state index in [1.54, 1.807) is 19.2 Å². The molecule has 3 aromatic rings. The number of nitrogens with zero attached hydrogens (tertiary/aromatic N) is 3. The van der Waals surface area contributed by atoms with Crippen molar-refractivity contribution in [2.45, 2.75) is 32.6 Å². The second-order valence-electron chi connectivity index (χ2n) is 7.06. The summed E-state index contributed by atoms with van der Waals surface area (Å²) in [6.07, 6.45) is -3.48. The fourth-order valence-corrected chi connectivity index (χ4v) is 3.24. The lowest BCUT2D eigenvalue weighted by Gasteiger charge is -2.14. The third kappa shape index (κ3) is 6.63. The van der Waals surface area contributed by atoms with E-state index in [-0.39, 0.29) is 5.75 Å². The molecule has 1 heterocycles. The Morgan fingerprint density at radius 2 is 1.94 bits per heavy atom. The lowest BCUT2D eigenvalue weighted by atomic mass is 10.2. The van der Waals surface area contributed by atoms with Gasteiger partial charge in [-0.2, -0.15) is 13.2 Å². The average Bonchev–Trinajstić information content (AvgIpc) is 3.06. The topological polar surface area (TPSA) is 63.5 Å². The number of para-hydroxylation sites is 2. The molecule has 0 bridgehead atoms. The maximum atomic E-state index is 12.3. The summed E-state index contributed by atoms with van der Waals surface area (Å²) in [5.74, 6) is 1.78. The summed E-state index contributed by atoms with van der Waals surface area (Å²) in [7, 11) is 1.67. The van der Waals surface area contributed by atoms with Crippen LogP contribution in [0.4, 0.5) is 13.2 Å². The van der Waals surface area contributed by atoms with Crippen molar-refractivity contribution in [1.29, 1.82) is 0 Å². The number of hydrogen-bond acceptors (Lipinski definition) is 3. The molecule has 31 heavy (non-hydrogen) atoms. The molecule has 0 spiro atoms. The van der Waals surface area contributed by atoms with E-state index in [1.165, 1.54) is 6.07 Å². The van der Waals surface area contributed by atoms with E-state index in [2.05, 4.69) is 31.2 Å². The first-order valence-corrected chi connectivity index (χ1v) is 10.0. The van der Waals surface area contributed by atoms with Gasteiger partial charge < -0.3 is 19.9 Å². The van der Waals surface area contributed by atoms with E-state index in [0.29, 0.717) is 19.0 Å². The molecular formula is C22H26F3N5O. The van der Waals surface area contributed by atoms with Crippen LogP contribution in [0.1, 0.15) is 17.8 Å². The second kappa shape index (κ2) is 10.2. The van der Waals surface area contributed by atoms with Gasteiger partial charge in [0.15, 0.2) is 12.6 Å². The molecule has 0 aliphatic carbocycles. The van der Waals surface area contributed by atoms with Crippen molar-refractivity contribution in [3.63, 3.8) is 0 Å². The number of aliphatic imine (C=N–C) groups is 1. The third-order valence-electron chi connectivity index (χ3n) is 4.68. The van der Waals surface area contributed by atoms with Gasteiger partial charge in [-0.15, -0.1) is 0 Å². The van der Waals surface area contributed by atoms with Crippen LogP contribution in [-0.4, -0.2) is 41.9 Å². The van der Waals surface area contributed by atoms with Crippen LogP contribution >= 0.6 is 0 Å². The fourth-order valence-electron chi connectivity index (χ4n) is 3.24. The van der Waals surface area contributed by atoms with Crippen LogP contribution in [0.25, 0.3) is 11.0 Å². The minimum atomic E-state index is -4.36. The van der Waals surface area contributed by atoms with Gasteiger partial charge in [-0.1, -0.05) is 24.3 Å². The summed E-state index contributed by atoms with van der Waals surface area (Å²) < 4.78 is 43.9. The van der Waals surface area contributed by atoms with Crippen molar-refractivity contribution in [3.05, 3.63) is 59.9 Å². The SMILES string of the molecule is CN=C(NCCCn1c(C)nc2ccccc21)NCc1cccc(OCC(F)(F)F)c1. The summed E-state index contributed by atoms with van der Waals surface area (Å²) >= 11 is 0. The highest BCUT2D eigenvalue weighted by Gasteiger charge is 2.28. The number of guanidine groups is 1. The number of ether oxygens (including phenoxy) is 1. The lowest BCUT2D eigenvalue weighted by molar-refractivity contribution is -0.153. The molecule has 2 N–H and O–H groups in total. The molecule has 2 aromatic carbocycles. The van der Waals surface area contributed by atoms with Crippen molar-refractivity contribution in [2.24, 2.45) is 4.99 Å². The zero-order chi connectivity index (χ0) is 22.3. The lowest BCUT2D eigenvalue weighted by Crippen LogP contribution is -2.37. The number of halogens is 3. The van der Waals surface area contributed by atoms with E-state index >= 15 is 0 Å². The van der Waals surface area contributed by atoms with Gasteiger partial charge in [0.25, 0.3) is 0 Å². The van der Waals surface area contributed by atoms with Crippen molar-refractivity contribution >= 4 is 17.0 Å². The zero-order valence-corrected chi connectivity index (χ0v) is 17.5. The standard InChI is InChI=1S/C22H26F3N5O/c1-16-29-19-9-3-4-10-20(19)30(16)12-6-11-27-21(26-2)28-14-17-7-5-8-18(13-17)31-15-22(23,24)25/h3-5,7-10,13H,6,11-12,14-15H2,1-2H3,(H2,26,27,28). The number of aromatic nitrogens is 2. The Morgan fingerprint density at radius 1 is 1.13 bits per heavy atom. The van der Waals surface area contributed by atoms with Crippen molar-refractivity contribution in [3.8, 4) is 5.75 Å². The minimum Gasteiger partial charge on any atom is -0.484 e. The number of rotatable bonds is 8. The maximum absolute atomic E-state index is 12.3. The Labute approximate surface area is 179 Å². The fraction of sp³-hybridized carbons (Fsp3) is 0.364. The van der Waals surface area contributed by atoms with E-state index in [0.717, 1.165) is 35.4 Å². The summed E-state index contributed by atoms with van der Waals surface area (Å²) in [5.41, 5.74) is 2.91. The van der Waals surface area contributed by atoms with E-state index in [1.807, 2.05) is 31.2 Å². The molecule has 0 radical (unpaired) electrons. The van der Waals surface area contributed by atoms with Crippen LogP contribution in [-0.2, 0) is 13.1 Å². The Morgan fingerprint density at radius 3 is 2.71 bits per heavy atom. The van der Waals surface area contributed by atoms with Gasteiger partial charge in [0.1, 0.15) is 11.6 Å². The van der Waals surface area contributed by atoms with Crippen LogP contribution < -0.4 is 15.4 Å². The summed E-state index contributed by atoms with van der Waals surface area (Å²) in [6.45, 7) is 2.64. The molecular weight excluding hydrogens is 407 g/mol. The molecule has 0 aliphatic heterocycles. The molecule has 9 heteroatoms. The molecule has 1 aromatic heterocycles. The normalized spacial score (nSPS) is 12.2. The van der Waals surface area contributed by atoms with E-state index < -0.39 is 12.8 Å². The van der Waals surface area contributed by atoms with Gasteiger partial charge in [0.2, 0.25) is 0 Å². The highest BCUT2D eigenvalue weighted by molar-refractivity contribution is 5.79. The van der Waals surface area contributed by atoms with Gasteiger partial charge >= 0.3 is 6.18 Å². The number of fused-ring (bicyclic) bond motifs is 1. The van der Waals surface area contributed by atoms with Crippen LogP contribution in [0.15, 0.2) is 53.5 Å². The molecule has 166 valence electrons. The molecule has 0 saturated carbocycles. The number of aryl methyl sites for hydroxylation is 2. The molecule has 0 saturated heterocycles. The van der Waals surface area contributed by atoms with Crippen molar-refractivity contribution in [1.82, 2.24) is 20.2 Å². The molecule has 0 aliphatic rings. The van der Waals surface area contributed by atoms with Crippen LogP contribution in [0.2, 0.25) is 0 Å². The maximum Gasteiger partial charge on any atom is 0.422 e. The first-order chi connectivity index (χ1) is 14.9. The number of benzene rings is 2. The highest BCUT2D eigenvalue weighted by Crippen LogP contribution is 2.19. The van der Waals surface area contributed by atoms with Crippen molar-refractivity contribution in [2.75, 3.05) is 20.2 Å². The van der Waals surface area contributed by atoms with Crippen LogP contribution in [0, 0.1) is 6.92 Å². The van der Waals surface area contributed by atoms with E-state index in [9.17, 15) is 13.2 Å². The minimum absolute atomic E-state index is 0.183. The number of nitrogens with one attached hydrogen (secondary N) is 2. The highest BCUT2D eigenvalue weighted by atomic mass is 19.4. The van der Waals surface area contributed by atoms with Crippen molar-refractivity contribution < 1.29 is 17.9 Å². The average molecular weight is 433 g/mol. The zero-order valence-electron chi connectivity index (χ0n) is 17.5. The monoisotopic (exact) mass is 433 g/mol. The first-order valence-electron chi connectivity index (χ1n) is 10.0. The quantitative estimate of drug-likeness (QED) is 0.320. The van der Waals surface area contributed by atoms with Crippen LogP contribution in [0.3, 0.4) is 0 Å². The summed E-state index contributed by atoms with van der Waals surface area (Å²) in [5, 5.41) is 6.42. The van der Waals surface area contributed by atoms with E-state index in [4.69, 9.17) is 4.74 Å². The number of alkyl halides is 3. The molecule has 6 nitrogen and oxygen atoms in total. The molecule has 0 unspecified atom stereocenters. The largest absolute Gasteiger partial charge is 0.484 e. The van der Waals surface area contributed by atoms with Gasteiger partial charge in [0, 0.05) is 26.7 Å². The predicted octanol–water partition coefficient (Wildman–Crippen LogP) is 4.04. The molecule has 0 atom stereocenters. The van der Waals surface area contributed by atoms with Gasteiger partial charge in [-0.05, 0) is 43.2 Å². The Hall–Kier alpha value is -3.23. The summed E-state index contributed by atoms with van der Waals surface area (Å²) in [4.78, 5) is 8.77. The Bertz CT molecular complexity index is 1030. The predicted molar refractivity (Wildman–Crippen MR) is 115 cm³/mol. The third-order valence-corrected chi connectivity index (χ3v) is 4.68. The molecule has 0 fully saturated rings. The van der Waals surface area contributed by atoms with Crippen LogP contribution in [0.5, 0.6) is 5.75 Å². The second-order valence-corrected chi connectivity index (χ2v) is 7.06. The van der Waals surface area contributed by atoms with Gasteiger partial charge in [-0.3, -0.25) is 4.99 Å².